The van der Waals surface area contributed by atoms with Crippen LogP contribution in [0.2, 0.25) is 0 Å². The van der Waals surface area contributed by atoms with Gasteiger partial charge in [-0.05, 0) is 24.3 Å². The third-order valence-electron chi connectivity index (χ3n) is 2.71. The van der Waals surface area contributed by atoms with Crippen molar-refractivity contribution in [2.45, 2.75) is 0 Å². The quantitative estimate of drug-likeness (QED) is 0.513. The summed E-state index contributed by atoms with van der Waals surface area (Å²) in [6.45, 7) is -0.127. The van der Waals surface area contributed by atoms with Gasteiger partial charge in [-0.2, -0.15) is 0 Å². The monoisotopic (exact) mass is 272 g/mol. The molecule has 0 saturated heterocycles. The zero-order valence-electron chi connectivity index (χ0n) is 11.2. The molecule has 0 unspecified atom stereocenters. The van der Waals surface area contributed by atoms with Crippen LogP contribution in [0.5, 0.6) is 11.5 Å². The van der Waals surface area contributed by atoms with Crippen molar-refractivity contribution in [3.05, 3.63) is 54.6 Å². The molecule has 2 aromatic carbocycles. The molecule has 1 amide bonds. The lowest BCUT2D eigenvalue weighted by molar-refractivity contribution is -0.120. The van der Waals surface area contributed by atoms with Gasteiger partial charge in [0.15, 0.2) is 6.61 Å². The number of methoxy groups -OCH3 is 1. The molecule has 5 nitrogen and oxygen atoms in total. The summed E-state index contributed by atoms with van der Waals surface area (Å²) < 4.78 is 10.5. The molecule has 104 valence electrons. The second-order valence-corrected chi connectivity index (χ2v) is 4.07. The average molecular weight is 272 g/mol. The van der Waals surface area contributed by atoms with Gasteiger partial charge < -0.3 is 9.47 Å². The number of carbonyl (C=O) groups excluding carboxylic acids is 1. The number of rotatable bonds is 5. The standard InChI is InChI=1S/C15H16N2O3/c1-19-14-9-5-6-12(10-14)17(16)15(18)11-20-13-7-3-2-4-8-13/h2-10H,11,16H2,1H3. The number of nitrogens with zero attached hydrogens (tertiary/aromatic N) is 1. The van der Waals surface area contributed by atoms with Crippen molar-refractivity contribution >= 4 is 11.6 Å². The van der Waals surface area contributed by atoms with Gasteiger partial charge >= 0.3 is 0 Å². The van der Waals surface area contributed by atoms with Crippen molar-refractivity contribution in [1.82, 2.24) is 0 Å². The largest absolute Gasteiger partial charge is 0.497 e. The van der Waals surface area contributed by atoms with Crippen LogP contribution >= 0.6 is 0 Å². The Labute approximate surface area is 117 Å². The van der Waals surface area contributed by atoms with E-state index < -0.39 is 0 Å². The third-order valence-corrected chi connectivity index (χ3v) is 2.71. The molecular formula is C15H16N2O3. The van der Waals surface area contributed by atoms with Crippen molar-refractivity contribution in [2.24, 2.45) is 5.84 Å². The minimum atomic E-state index is -0.345. The van der Waals surface area contributed by atoms with Gasteiger partial charge in [0.25, 0.3) is 5.91 Å². The van der Waals surface area contributed by atoms with Crippen molar-refractivity contribution in [3.63, 3.8) is 0 Å². The highest BCUT2D eigenvalue weighted by Crippen LogP contribution is 2.19. The van der Waals surface area contributed by atoms with Crippen LogP contribution in [0.3, 0.4) is 0 Å². The Morgan fingerprint density at radius 1 is 1.10 bits per heavy atom. The Kier molecular flexibility index (Phi) is 4.57. The van der Waals surface area contributed by atoms with Crippen molar-refractivity contribution in [1.29, 1.82) is 0 Å². The molecule has 0 bridgehead atoms. The summed E-state index contributed by atoms with van der Waals surface area (Å²) in [6, 6.07) is 16.1. The molecule has 0 saturated carbocycles. The van der Waals surface area contributed by atoms with Crippen LogP contribution in [-0.4, -0.2) is 19.6 Å². The molecule has 0 fully saturated rings. The zero-order valence-corrected chi connectivity index (χ0v) is 11.2. The van der Waals surface area contributed by atoms with E-state index in [1.54, 1.807) is 43.5 Å². The van der Waals surface area contributed by atoms with Gasteiger partial charge in [-0.25, -0.2) is 10.9 Å². The molecule has 2 rings (SSSR count). The zero-order chi connectivity index (χ0) is 14.4. The van der Waals surface area contributed by atoms with E-state index in [1.807, 2.05) is 18.2 Å². The molecule has 0 radical (unpaired) electrons. The van der Waals surface area contributed by atoms with Crippen LogP contribution in [0, 0.1) is 0 Å². The average Bonchev–Trinajstić information content (AvgIpc) is 2.53. The highest BCUT2D eigenvalue weighted by atomic mass is 16.5. The smallest absolute Gasteiger partial charge is 0.279 e. The van der Waals surface area contributed by atoms with Gasteiger partial charge in [0.1, 0.15) is 11.5 Å². The lowest BCUT2D eigenvalue weighted by Gasteiger charge is -2.17. The predicted octanol–water partition coefficient (Wildman–Crippen LogP) is 1.98. The summed E-state index contributed by atoms with van der Waals surface area (Å²) in [7, 11) is 1.56. The van der Waals surface area contributed by atoms with E-state index in [-0.39, 0.29) is 12.5 Å². The molecule has 0 spiro atoms. The lowest BCUT2D eigenvalue weighted by Crippen LogP contribution is -2.40. The minimum absolute atomic E-state index is 0.127. The van der Waals surface area contributed by atoms with Crippen LogP contribution in [0.25, 0.3) is 0 Å². The minimum Gasteiger partial charge on any atom is -0.497 e. The second kappa shape index (κ2) is 6.58. The fourth-order valence-electron chi connectivity index (χ4n) is 1.64. The molecular weight excluding hydrogens is 256 g/mol. The number of ether oxygens (including phenoxy) is 2. The first-order valence-electron chi connectivity index (χ1n) is 6.10. The number of carbonyl (C=O) groups is 1. The molecule has 0 aliphatic rings. The van der Waals surface area contributed by atoms with Crippen LogP contribution < -0.4 is 20.3 Å². The number of para-hydroxylation sites is 1. The summed E-state index contributed by atoms with van der Waals surface area (Å²) in [6.07, 6.45) is 0. The molecule has 0 atom stereocenters. The van der Waals surface area contributed by atoms with E-state index in [9.17, 15) is 4.79 Å². The molecule has 2 aromatic rings. The third kappa shape index (κ3) is 3.49. The Hall–Kier alpha value is -2.53. The molecule has 5 heteroatoms. The lowest BCUT2D eigenvalue weighted by atomic mass is 10.3. The van der Waals surface area contributed by atoms with Crippen LogP contribution in [0.1, 0.15) is 0 Å². The van der Waals surface area contributed by atoms with Gasteiger partial charge in [0, 0.05) is 6.07 Å². The topological polar surface area (TPSA) is 64.8 Å². The van der Waals surface area contributed by atoms with Crippen LogP contribution in [-0.2, 0) is 4.79 Å². The predicted molar refractivity (Wildman–Crippen MR) is 76.6 cm³/mol. The highest BCUT2D eigenvalue weighted by Gasteiger charge is 2.13. The number of hydrogen-bond acceptors (Lipinski definition) is 4. The van der Waals surface area contributed by atoms with Crippen LogP contribution in [0.4, 0.5) is 5.69 Å². The number of anilines is 1. The van der Waals surface area contributed by atoms with Gasteiger partial charge in [-0.15, -0.1) is 0 Å². The summed E-state index contributed by atoms with van der Waals surface area (Å²) in [5.74, 6) is 6.69. The summed E-state index contributed by atoms with van der Waals surface area (Å²) in [4.78, 5) is 12.0. The Balaban J connectivity index is 1.98. The Morgan fingerprint density at radius 3 is 2.50 bits per heavy atom. The van der Waals surface area contributed by atoms with E-state index in [4.69, 9.17) is 15.3 Å². The maximum atomic E-state index is 12.0. The normalized spacial score (nSPS) is 9.90. The first-order chi connectivity index (χ1) is 9.70. The molecule has 0 heterocycles. The molecule has 0 aromatic heterocycles. The summed E-state index contributed by atoms with van der Waals surface area (Å²) in [5.41, 5.74) is 0.547. The SMILES string of the molecule is COc1cccc(N(N)C(=O)COc2ccccc2)c1. The van der Waals surface area contributed by atoms with Crippen molar-refractivity contribution in [3.8, 4) is 11.5 Å². The second-order valence-electron chi connectivity index (χ2n) is 4.07. The van der Waals surface area contributed by atoms with E-state index >= 15 is 0 Å². The number of benzene rings is 2. The first kappa shape index (κ1) is 13.9. The maximum absolute atomic E-state index is 12.0. The highest BCUT2D eigenvalue weighted by molar-refractivity contribution is 5.93. The van der Waals surface area contributed by atoms with E-state index in [0.29, 0.717) is 17.2 Å². The number of nitrogens with two attached hydrogens (primary N) is 1. The number of hydrazine groups is 1. The van der Waals surface area contributed by atoms with Gasteiger partial charge in [0.2, 0.25) is 0 Å². The fourth-order valence-corrected chi connectivity index (χ4v) is 1.64. The molecule has 0 aliphatic carbocycles. The first-order valence-corrected chi connectivity index (χ1v) is 6.10. The van der Waals surface area contributed by atoms with Crippen molar-refractivity contribution < 1.29 is 14.3 Å². The maximum Gasteiger partial charge on any atom is 0.279 e. The summed E-state index contributed by atoms with van der Waals surface area (Å²) >= 11 is 0. The van der Waals surface area contributed by atoms with Gasteiger partial charge in [0.05, 0.1) is 12.8 Å². The van der Waals surface area contributed by atoms with Gasteiger partial charge in [-0.1, -0.05) is 24.3 Å². The number of amides is 1. The molecule has 20 heavy (non-hydrogen) atoms. The summed E-state index contributed by atoms with van der Waals surface area (Å²) in [5, 5.41) is 1.05. The van der Waals surface area contributed by atoms with Crippen LogP contribution in [0.15, 0.2) is 54.6 Å². The Morgan fingerprint density at radius 2 is 1.80 bits per heavy atom. The molecule has 0 aliphatic heterocycles. The van der Waals surface area contributed by atoms with Crippen molar-refractivity contribution in [2.75, 3.05) is 18.7 Å². The fraction of sp³-hybridized carbons (Fsp3) is 0.133. The number of hydrogen-bond donors (Lipinski definition) is 1. The van der Waals surface area contributed by atoms with E-state index in [0.717, 1.165) is 5.01 Å². The molecule has 2 N–H and O–H groups in total. The van der Waals surface area contributed by atoms with E-state index in [2.05, 4.69) is 0 Å². The van der Waals surface area contributed by atoms with Gasteiger partial charge in [-0.3, -0.25) is 4.79 Å². The van der Waals surface area contributed by atoms with E-state index in [1.165, 1.54) is 0 Å². The Bertz CT molecular complexity index is 572.